The van der Waals surface area contributed by atoms with Crippen LogP contribution in [0.1, 0.15) is 6.92 Å². The number of nitrogens with zero attached hydrogens (tertiary/aromatic N) is 1. The van der Waals surface area contributed by atoms with Crippen LogP contribution >= 0.6 is 0 Å². The molecule has 0 radical (unpaired) electrons. The molecule has 0 heterocycles. The van der Waals surface area contributed by atoms with Crippen molar-refractivity contribution in [1.82, 2.24) is 0 Å². The zero-order valence-corrected chi connectivity index (χ0v) is 10.1. The van der Waals surface area contributed by atoms with Crippen molar-refractivity contribution in [1.29, 1.82) is 0 Å². The largest absolute Gasteiger partial charge is 0.484 e. The third-order valence-electron chi connectivity index (χ3n) is 2.24. The zero-order chi connectivity index (χ0) is 13.8. The second kappa shape index (κ2) is 5.46. The first-order valence-corrected chi connectivity index (χ1v) is 5.12. The molecule has 2 N–H and O–H groups in total. The fourth-order valence-electron chi connectivity index (χ4n) is 1.25. The number of ether oxygens (including phenoxy) is 2. The zero-order valence-electron chi connectivity index (χ0n) is 10.1. The van der Waals surface area contributed by atoms with Gasteiger partial charge in [-0.05, 0) is 13.0 Å². The monoisotopic (exact) mass is 254 g/mol. The van der Waals surface area contributed by atoms with E-state index in [4.69, 9.17) is 10.5 Å². The summed E-state index contributed by atoms with van der Waals surface area (Å²) < 4.78 is 9.72. The normalized spacial score (nSPS) is 13.5. The van der Waals surface area contributed by atoms with Gasteiger partial charge < -0.3 is 15.2 Å². The van der Waals surface area contributed by atoms with Gasteiger partial charge in [-0.3, -0.25) is 10.1 Å². The standard InChI is InChI=1S/C11H14N2O5/c1-11(12,10(14)17-2)7-18-9-6-4-3-5-8(9)13(15)16/h3-6H,7,12H2,1-2H3. The van der Waals surface area contributed by atoms with E-state index in [2.05, 4.69) is 4.74 Å². The number of nitro benzene ring substituents is 1. The fraction of sp³-hybridized carbons (Fsp3) is 0.364. The molecule has 0 spiro atoms. The SMILES string of the molecule is COC(=O)C(C)(N)COc1ccccc1[N+](=O)[O-]. The Morgan fingerprint density at radius 3 is 2.67 bits per heavy atom. The van der Waals surface area contributed by atoms with E-state index >= 15 is 0 Å². The summed E-state index contributed by atoms with van der Waals surface area (Å²) >= 11 is 0. The summed E-state index contributed by atoms with van der Waals surface area (Å²) in [5.74, 6) is -0.593. The maximum absolute atomic E-state index is 11.3. The average molecular weight is 254 g/mol. The van der Waals surface area contributed by atoms with Gasteiger partial charge in [0.05, 0.1) is 12.0 Å². The highest BCUT2D eigenvalue weighted by molar-refractivity contribution is 5.80. The van der Waals surface area contributed by atoms with Crippen LogP contribution in [0.25, 0.3) is 0 Å². The average Bonchev–Trinajstić information content (AvgIpc) is 2.35. The van der Waals surface area contributed by atoms with Crippen LogP contribution < -0.4 is 10.5 Å². The lowest BCUT2D eigenvalue weighted by Crippen LogP contribution is -2.50. The maximum Gasteiger partial charge on any atom is 0.329 e. The van der Waals surface area contributed by atoms with Gasteiger partial charge in [-0.25, -0.2) is 4.79 Å². The van der Waals surface area contributed by atoms with Crippen molar-refractivity contribution < 1.29 is 19.2 Å². The Balaban J connectivity index is 2.81. The van der Waals surface area contributed by atoms with Crippen molar-refractivity contribution >= 4 is 11.7 Å². The summed E-state index contributed by atoms with van der Waals surface area (Å²) in [4.78, 5) is 21.5. The first-order valence-electron chi connectivity index (χ1n) is 5.12. The van der Waals surface area contributed by atoms with E-state index in [0.29, 0.717) is 0 Å². The van der Waals surface area contributed by atoms with Gasteiger partial charge in [-0.2, -0.15) is 0 Å². The van der Waals surface area contributed by atoms with Gasteiger partial charge in [0.1, 0.15) is 12.1 Å². The Kier molecular flexibility index (Phi) is 4.22. The van der Waals surface area contributed by atoms with Crippen LogP contribution in [0.15, 0.2) is 24.3 Å². The molecule has 7 heteroatoms. The number of hydrogen-bond acceptors (Lipinski definition) is 6. The molecule has 1 unspecified atom stereocenters. The highest BCUT2D eigenvalue weighted by atomic mass is 16.6. The predicted molar refractivity (Wildman–Crippen MR) is 63.2 cm³/mol. The molecular formula is C11H14N2O5. The van der Waals surface area contributed by atoms with Crippen molar-refractivity contribution in [3.63, 3.8) is 0 Å². The highest BCUT2D eigenvalue weighted by Gasteiger charge is 2.31. The van der Waals surface area contributed by atoms with Crippen LogP contribution in [0.2, 0.25) is 0 Å². The van der Waals surface area contributed by atoms with Crippen molar-refractivity contribution in [3.05, 3.63) is 34.4 Å². The third-order valence-corrected chi connectivity index (χ3v) is 2.24. The van der Waals surface area contributed by atoms with Crippen LogP contribution in [-0.4, -0.2) is 30.1 Å². The number of esters is 1. The summed E-state index contributed by atoms with van der Waals surface area (Å²) in [6.07, 6.45) is 0. The molecule has 0 aliphatic carbocycles. The molecule has 1 aromatic carbocycles. The Bertz CT molecular complexity index is 459. The molecular weight excluding hydrogens is 240 g/mol. The molecule has 0 bridgehead atoms. The minimum atomic E-state index is -1.36. The van der Waals surface area contributed by atoms with Gasteiger partial charge in [0.2, 0.25) is 0 Å². The van der Waals surface area contributed by atoms with Gasteiger partial charge in [-0.15, -0.1) is 0 Å². The molecule has 0 saturated carbocycles. The number of nitro groups is 1. The Hall–Kier alpha value is -2.15. The van der Waals surface area contributed by atoms with Gasteiger partial charge in [0.15, 0.2) is 5.75 Å². The molecule has 1 aromatic rings. The first kappa shape index (κ1) is 13.9. The fourth-order valence-corrected chi connectivity index (χ4v) is 1.25. The van der Waals surface area contributed by atoms with Crippen LogP contribution in [0.4, 0.5) is 5.69 Å². The van der Waals surface area contributed by atoms with Gasteiger partial charge >= 0.3 is 11.7 Å². The summed E-state index contributed by atoms with van der Waals surface area (Å²) in [5.41, 5.74) is 4.13. The predicted octanol–water partition coefficient (Wildman–Crippen LogP) is 0.864. The topological polar surface area (TPSA) is 105 Å². The number of carbonyl (C=O) groups excluding carboxylic acids is 1. The van der Waals surface area contributed by atoms with Gasteiger partial charge in [0.25, 0.3) is 0 Å². The molecule has 0 fully saturated rings. The van der Waals surface area contributed by atoms with E-state index < -0.39 is 16.4 Å². The summed E-state index contributed by atoms with van der Waals surface area (Å²) in [6, 6.07) is 5.86. The minimum absolute atomic E-state index is 0.0584. The molecule has 0 amide bonds. The van der Waals surface area contributed by atoms with Crippen LogP contribution in [0.5, 0.6) is 5.75 Å². The first-order chi connectivity index (χ1) is 8.38. The number of rotatable bonds is 5. The van der Waals surface area contributed by atoms with E-state index in [1.54, 1.807) is 6.07 Å². The second-order valence-electron chi connectivity index (χ2n) is 3.92. The van der Waals surface area contributed by atoms with E-state index in [9.17, 15) is 14.9 Å². The van der Waals surface area contributed by atoms with Crippen molar-refractivity contribution in [2.24, 2.45) is 5.73 Å². The van der Waals surface area contributed by atoms with E-state index in [1.165, 1.54) is 32.2 Å². The van der Waals surface area contributed by atoms with Gasteiger partial charge in [-0.1, -0.05) is 12.1 Å². The number of methoxy groups -OCH3 is 1. The Morgan fingerprint density at radius 2 is 2.11 bits per heavy atom. The molecule has 0 saturated heterocycles. The lowest BCUT2D eigenvalue weighted by Gasteiger charge is -2.21. The highest BCUT2D eigenvalue weighted by Crippen LogP contribution is 2.26. The summed E-state index contributed by atoms with van der Waals surface area (Å²) in [7, 11) is 1.21. The molecule has 0 aliphatic rings. The van der Waals surface area contributed by atoms with Gasteiger partial charge in [0, 0.05) is 6.07 Å². The number of nitrogens with two attached hydrogens (primary N) is 1. The number of hydrogen-bond donors (Lipinski definition) is 1. The maximum atomic E-state index is 11.3. The van der Waals surface area contributed by atoms with Crippen molar-refractivity contribution in [2.75, 3.05) is 13.7 Å². The molecule has 98 valence electrons. The second-order valence-corrected chi connectivity index (χ2v) is 3.92. The Morgan fingerprint density at radius 1 is 1.50 bits per heavy atom. The lowest BCUT2D eigenvalue weighted by molar-refractivity contribution is -0.385. The van der Waals surface area contributed by atoms with Crippen LogP contribution in [-0.2, 0) is 9.53 Å². The molecule has 1 atom stereocenters. The van der Waals surface area contributed by atoms with Crippen LogP contribution in [0.3, 0.4) is 0 Å². The number of carbonyl (C=O) groups is 1. The molecule has 1 rings (SSSR count). The lowest BCUT2D eigenvalue weighted by atomic mass is 10.1. The summed E-state index contributed by atoms with van der Waals surface area (Å²) in [6.45, 7) is 1.21. The van der Waals surface area contributed by atoms with E-state index in [0.717, 1.165) is 0 Å². The quantitative estimate of drug-likeness (QED) is 0.474. The molecule has 0 aliphatic heterocycles. The van der Waals surface area contributed by atoms with Crippen molar-refractivity contribution in [3.8, 4) is 5.75 Å². The minimum Gasteiger partial charge on any atom is -0.484 e. The van der Waals surface area contributed by atoms with Crippen LogP contribution in [0, 0.1) is 10.1 Å². The van der Waals surface area contributed by atoms with E-state index in [-0.39, 0.29) is 18.0 Å². The van der Waals surface area contributed by atoms with E-state index in [1.807, 2.05) is 0 Å². The third kappa shape index (κ3) is 3.17. The number of benzene rings is 1. The Labute approximate surface area is 104 Å². The molecule has 18 heavy (non-hydrogen) atoms. The molecule has 0 aromatic heterocycles. The summed E-state index contributed by atoms with van der Waals surface area (Å²) in [5, 5.41) is 10.7. The number of para-hydroxylation sites is 2. The molecule has 7 nitrogen and oxygen atoms in total. The van der Waals surface area contributed by atoms with Crippen molar-refractivity contribution in [2.45, 2.75) is 12.5 Å². The smallest absolute Gasteiger partial charge is 0.329 e.